The molecule has 0 saturated carbocycles. The maximum Gasteiger partial charge on any atom is 0.205 e. The van der Waals surface area contributed by atoms with Gasteiger partial charge in [0.15, 0.2) is 0 Å². The van der Waals surface area contributed by atoms with Crippen LogP contribution in [0, 0.1) is 0 Å². The van der Waals surface area contributed by atoms with Crippen LogP contribution in [0.4, 0.5) is 5.69 Å². The van der Waals surface area contributed by atoms with Crippen LogP contribution in [0.3, 0.4) is 0 Å². The van der Waals surface area contributed by atoms with Crippen molar-refractivity contribution in [1.82, 2.24) is 4.98 Å². The zero-order valence-corrected chi connectivity index (χ0v) is 14.7. The highest BCUT2D eigenvalue weighted by atomic mass is 32.1. The minimum Gasteiger partial charge on any atom is -0.397 e. The third kappa shape index (κ3) is 3.39. The van der Waals surface area contributed by atoms with Crippen LogP contribution in [0.15, 0.2) is 54.1 Å². The molecule has 122 valence electrons. The summed E-state index contributed by atoms with van der Waals surface area (Å²) in [5.74, 6) is -0.0396. The summed E-state index contributed by atoms with van der Waals surface area (Å²) in [7, 11) is 0. The monoisotopic (exact) mass is 336 g/mol. The Bertz CT molecular complexity index is 906. The summed E-state index contributed by atoms with van der Waals surface area (Å²) in [5.41, 5.74) is 9.73. The Kier molecular flexibility index (Phi) is 4.76. The van der Waals surface area contributed by atoms with E-state index >= 15 is 0 Å². The van der Waals surface area contributed by atoms with Gasteiger partial charge in [0.2, 0.25) is 5.78 Å². The third-order valence-electron chi connectivity index (χ3n) is 3.85. The molecule has 2 N–H and O–H groups in total. The molecular formula is C20H20N2OS. The fourth-order valence-corrected chi connectivity index (χ4v) is 3.65. The normalized spacial score (nSPS) is 10.8. The largest absolute Gasteiger partial charge is 0.397 e. The summed E-state index contributed by atoms with van der Waals surface area (Å²) < 4.78 is 0. The molecule has 2 heterocycles. The number of hydrogen-bond donors (Lipinski definition) is 1. The van der Waals surface area contributed by atoms with E-state index in [1.807, 2.05) is 42.5 Å². The van der Waals surface area contributed by atoms with Crippen LogP contribution in [0.25, 0.3) is 10.2 Å². The molecule has 0 aliphatic carbocycles. The van der Waals surface area contributed by atoms with E-state index in [2.05, 4.69) is 24.9 Å². The summed E-state index contributed by atoms with van der Waals surface area (Å²) in [4.78, 5) is 18.8. The first-order chi connectivity index (χ1) is 11.6. The van der Waals surface area contributed by atoms with Crippen molar-refractivity contribution in [1.29, 1.82) is 0 Å². The molecule has 3 aromatic rings. The third-order valence-corrected chi connectivity index (χ3v) is 4.96. The molecule has 1 aromatic carbocycles. The van der Waals surface area contributed by atoms with Gasteiger partial charge in [-0.25, -0.2) is 4.98 Å². The molecule has 24 heavy (non-hydrogen) atoms. The zero-order valence-electron chi connectivity index (χ0n) is 13.9. The number of fused-ring (bicyclic) bond motifs is 1. The molecule has 0 radical (unpaired) electrons. The van der Waals surface area contributed by atoms with Crippen LogP contribution in [-0.2, 0) is 6.42 Å². The lowest BCUT2D eigenvalue weighted by Crippen LogP contribution is -2.01. The number of aromatic nitrogens is 1. The van der Waals surface area contributed by atoms with Crippen molar-refractivity contribution in [2.75, 3.05) is 5.73 Å². The van der Waals surface area contributed by atoms with E-state index < -0.39 is 0 Å². The van der Waals surface area contributed by atoms with Gasteiger partial charge in [0.05, 0.1) is 5.69 Å². The summed E-state index contributed by atoms with van der Waals surface area (Å²) in [6.07, 6.45) is 4.07. The van der Waals surface area contributed by atoms with E-state index in [9.17, 15) is 4.79 Å². The number of nitrogen functional groups attached to an aromatic ring is 1. The number of pyridine rings is 1. The molecule has 0 unspecified atom stereocenters. The van der Waals surface area contributed by atoms with Crippen molar-refractivity contribution in [3.63, 3.8) is 0 Å². The van der Waals surface area contributed by atoms with Crippen molar-refractivity contribution in [2.45, 2.75) is 26.7 Å². The van der Waals surface area contributed by atoms with Gasteiger partial charge in [-0.3, -0.25) is 4.79 Å². The minimum atomic E-state index is -0.0396. The van der Waals surface area contributed by atoms with E-state index in [1.54, 1.807) is 0 Å². The number of hydrogen-bond acceptors (Lipinski definition) is 4. The number of carbonyl (C=O) groups excluding carboxylic acids is 1. The van der Waals surface area contributed by atoms with Crippen molar-refractivity contribution >= 4 is 33.0 Å². The first-order valence-corrected chi connectivity index (χ1v) is 8.79. The predicted molar refractivity (Wildman–Crippen MR) is 102 cm³/mol. The van der Waals surface area contributed by atoms with Crippen LogP contribution >= 0.6 is 11.3 Å². The fraction of sp³-hybridized carbons (Fsp3) is 0.200. The number of nitrogens with two attached hydrogens (primary N) is 1. The Morgan fingerprint density at radius 3 is 2.62 bits per heavy atom. The smallest absolute Gasteiger partial charge is 0.205 e. The highest BCUT2D eigenvalue weighted by molar-refractivity contribution is 7.21. The molecule has 0 fully saturated rings. The van der Waals surface area contributed by atoms with E-state index in [0.717, 1.165) is 28.8 Å². The van der Waals surface area contributed by atoms with E-state index in [4.69, 9.17) is 5.73 Å². The number of anilines is 1. The molecule has 0 bridgehead atoms. The van der Waals surface area contributed by atoms with Gasteiger partial charge in [0.25, 0.3) is 0 Å². The lowest BCUT2D eigenvalue weighted by molar-refractivity contribution is 0.104. The zero-order chi connectivity index (χ0) is 17.1. The SMILES string of the molecule is CC(C)=CCCc1ccc2c(N)c(C(=O)c3ccccc3)sc2n1. The van der Waals surface area contributed by atoms with Crippen LogP contribution in [0.2, 0.25) is 0 Å². The highest BCUT2D eigenvalue weighted by Gasteiger charge is 2.18. The van der Waals surface area contributed by atoms with Crippen molar-refractivity contribution < 1.29 is 4.79 Å². The van der Waals surface area contributed by atoms with Gasteiger partial charge in [-0.15, -0.1) is 11.3 Å². The van der Waals surface area contributed by atoms with E-state index in [-0.39, 0.29) is 5.78 Å². The molecule has 0 amide bonds. The van der Waals surface area contributed by atoms with Crippen LogP contribution in [0.1, 0.15) is 41.2 Å². The molecule has 0 aliphatic rings. The first-order valence-electron chi connectivity index (χ1n) is 7.97. The minimum absolute atomic E-state index is 0.0396. The number of rotatable bonds is 5. The Labute approximate surface area is 145 Å². The Hall–Kier alpha value is -2.46. The quantitative estimate of drug-likeness (QED) is 0.526. The average molecular weight is 336 g/mol. The van der Waals surface area contributed by atoms with Crippen molar-refractivity contribution in [3.8, 4) is 0 Å². The van der Waals surface area contributed by atoms with Gasteiger partial charge in [-0.1, -0.05) is 42.0 Å². The highest BCUT2D eigenvalue weighted by Crippen LogP contribution is 2.34. The first kappa shape index (κ1) is 16.4. The van der Waals surface area contributed by atoms with Gasteiger partial charge < -0.3 is 5.73 Å². The number of nitrogens with zero attached hydrogens (tertiary/aromatic N) is 1. The van der Waals surface area contributed by atoms with Crippen LogP contribution in [0.5, 0.6) is 0 Å². The van der Waals surface area contributed by atoms with Crippen LogP contribution < -0.4 is 5.73 Å². The Morgan fingerprint density at radius 2 is 1.92 bits per heavy atom. The topological polar surface area (TPSA) is 56.0 Å². The van der Waals surface area contributed by atoms with Gasteiger partial charge in [0, 0.05) is 16.6 Å². The van der Waals surface area contributed by atoms with Gasteiger partial charge in [-0.05, 0) is 38.8 Å². The number of benzene rings is 1. The molecule has 0 spiro atoms. The second-order valence-corrected chi connectivity index (χ2v) is 7.01. The van der Waals surface area contributed by atoms with Crippen molar-refractivity contribution in [2.24, 2.45) is 0 Å². The maximum atomic E-state index is 12.7. The van der Waals surface area contributed by atoms with E-state index in [1.165, 1.54) is 16.9 Å². The number of aryl methyl sites for hydroxylation is 1. The lowest BCUT2D eigenvalue weighted by Gasteiger charge is -1.99. The maximum absolute atomic E-state index is 12.7. The molecule has 0 atom stereocenters. The summed E-state index contributed by atoms with van der Waals surface area (Å²) in [6.45, 7) is 4.19. The molecule has 3 nitrogen and oxygen atoms in total. The number of ketones is 1. The molecule has 0 aliphatic heterocycles. The number of thiophene rings is 1. The summed E-state index contributed by atoms with van der Waals surface area (Å²) >= 11 is 1.38. The molecule has 3 rings (SSSR count). The number of carbonyl (C=O) groups is 1. The summed E-state index contributed by atoms with van der Waals surface area (Å²) in [5, 5.41) is 0.866. The van der Waals surface area contributed by atoms with E-state index in [0.29, 0.717) is 16.1 Å². The second kappa shape index (κ2) is 6.97. The average Bonchev–Trinajstić information content (AvgIpc) is 2.91. The van der Waals surface area contributed by atoms with Crippen molar-refractivity contribution in [3.05, 3.63) is 70.2 Å². The molecule has 4 heteroatoms. The van der Waals surface area contributed by atoms with Gasteiger partial charge in [-0.2, -0.15) is 0 Å². The second-order valence-electron chi connectivity index (χ2n) is 6.02. The van der Waals surface area contributed by atoms with Crippen LogP contribution in [-0.4, -0.2) is 10.8 Å². The summed E-state index contributed by atoms with van der Waals surface area (Å²) in [6, 6.07) is 13.2. The predicted octanol–water partition coefficient (Wildman–Crippen LogP) is 5.01. The molecule has 2 aromatic heterocycles. The molecule has 0 saturated heterocycles. The number of allylic oxidation sites excluding steroid dienone is 2. The Balaban J connectivity index is 1.92. The van der Waals surface area contributed by atoms with Gasteiger partial charge >= 0.3 is 0 Å². The lowest BCUT2D eigenvalue weighted by atomic mass is 10.1. The fourth-order valence-electron chi connectivity index (χ4n) is 2.57. The van der Waals surface area contributed by atoms with Gasteiger partial charge in [0.1, 0.15) is 9.71 Å². The Morgan fingerprint density at radius 1 is 1.17 bits per heavy atom. The standard InChI is InChI=1S/C20H20N2OS/c1-13(2)7-6-10-15-11-12-16-17(21)19(24-20(16)22-15)18(23)14-8-4-3-5-9-14/h3-5,7-9,11-12H,6,10,21H2,1-2H3. The molecular weight excluding hydrogens is 316 g/mol.